The van der Waals surface area contributed by atoms with Crippen molar-refractivity contribution in [3.8, 4) is 0 Å². The number of esters is 1. The van der Waals surface area contributed by atoms with E-state index in [2.05, 4.69) is 31.0 Å². The fraction of sp³-hybridized carbons (Fsp3) is 0.286. The number of nitrogens with one attached hydrogen (secondary N) is 1. The molecular weight excluding hydrogens is 392 g/mol. The van der Waals surface area contributed by atoms with Gasteiger partial charge in [-0.25, -0.2) is 14.6 Å². The number of rotatable bonds is 4. The van der Waals surface area contributed by atoms with E-state index in [1.807, 2.05) is 6.92 Å². The van der Waals surface area contributed by atoms with Crippen molar-refractivity contribution in [1.29, 1.82) is 0 Å². The second kappa shape index (κ2) is 7.10. The van der Waals surface area contributed by atoms with E-state index in [-0.39, 0.29) is 17.2 Å². The first-order valence-corrected chi connectivity index (χ1v) is 7.74. The normalized spacial score (nSPS) is 12.0. The Morgan fingerprint density at radius 3 is 2.78 bits per heavy atom. The molecule has 1 aromatic carbocycles. The number of carbonyl (C=O) groups excluding carboxylic acids is 2. The SMILES string of the molecule is COC(=O)C(NC(=O)CCl)c1nc2cc(C)c(Br)cc2oc1=O. The molecule has 23 heavy (non-hydrogen) atoms. The number of benzene rings is 1. The van der Waals surface area contributed by atoms with E-state index in [0.717, 1.165) is 17.1 Å². The van der Waals surface area contributed by atoms with Crippen LogP contribution in [0.25, 0.3) is 11.1 Å². The second-order valence-electron chi connectivity index (χ2n) is 4.61. The molecule has 2 rings (SSSR count). The second-order valence-corrected chi connectivity index (χ2v) is 5.73. The van der Waals surface area contributed by atoms with Crippen LogP contribution in [0.3, 0.4) is 0 Å². The molecule has 0 aliphatic carbocycles. The van der Waals surface area contributed by atoms with Crippen LogP contribution in [0, 0.1) is 6.92 Å². The fourth-order valence-electron chi connectivity index (χ4n) is 1.88. The summed E-state index contributed by atoms with van der Waals surface area (Å²) in [5, 5.41) is 2.29. The van der Waals surface area contributed by atoms with Crippen LogP contribution in [0.4, 0.5) is 0 Å². The zero-order chi connectivity index (χ0) is 17.1. The van der Waals surface area contributed by atoms with Gasteiger partial charge in [0.25, 0.3) is 0 Å². The third-order valence-electron chi connectivity index (χ3n) is 3.03. The van der Waals surface area contributed by atoms with Gasteiger partial charge in [-0.3, -0.25) is 4.79 Å². The predicted octanol–water partition coefficient (Wildman–Crippen LogP) is 1.83. The number of fused-ring (bicyclic) bond motifs is 1. The van der Waals surface area contributed by atoms with Crippen molar-refractivity contribution in [2.45, 2.75) is 13.0 Å². The Balaban J connectivity index is 2.60. The maximum Gasteiger partial charge on any atom is 0.361 e. The zero-order valence-electron chi connectivity index (χ0n) is 12.2. The highest BCUT2D eigenvalue weighted by molar-refractivity contribution is 9.10. The molecule has 0 aliphatic heterocycles. The van der Waals surface area contributed by atoms with E-state index in [1.165, 1.54) is 0 Å². The molecule has 0 saturated heterocycles. The number of aryl methyl sites for hydroxylation is 1. The molecule has 0 saturated carbocycles. The van der Waals surface area contributed by atoms with Crippen LogP contribution in [0.15, 0.2) is 25.8 Å². The van der Waals surface area contributed by atoms with Gasteiger partial charge in [0.15, 0.2) is 17.3 Å². The summed E-state index contributed by atoms with van der Waals surface area (Å²) >= 11 is 8.74. The van der Waals surface area contributed by atoms with Gasteiger partial charge in [0.05, 0.1) is 7.11 Å². The average Bonchev–Trinajstić information content (AvgIpc) is 2.53. The molecule has 1 aromatic heterocycles. The highest BCUT2D eigenvalue weighted by atomic mass is 79.9. The van der Waals surface area contributed by atoms with Gasteiger partial charge in [0, 0.05) is 4.47 Å². The summed E-state index contributed by atoms with van der Waals surface area (Å²) in [4.78, 5) is 39.6. The molecule has 122 valence electrons. The molecule has 7 nitrogen and oxygen atoms in total. The van der Waals surface area contributed by atoms with Crippen LogP contribution in [-0.4, -0.2) is 29.9 Å². The first-order valence-electron chi connectivity index (χ1n) is 6.41. The summed E-state index contributed by atoms with van der Waals surface area (Å²) < 4.78 is 10.5. The topological polar surface area (TPSA) is 98.5 Å². The molecule has 0 radical (unpaired) electrons. The Hall–Kier alpha value is -1.93. The molecule has 1 amide bonds. The van der Waals surface area contributed by atoms with E-state index in [4.69, 9.17) is 16.0 Å². The van der Waals surface area contributed by atoms with Gasteiger partial charge in [0.2, 0.25) is 5.91 Å². The molecule has 0 bridgehead atoms. The van der Waals surface area contributed by atoms with Crippen LogP contribution in [-0.2, 0) is 14.3 Å². The minimum absolute atomic E-state index is 0.253. The minimum Gasteiger partial charge on any atom is -0.467 e. The molecule has 0 fully saturated rings. The smallest absolute Gasteiger partial charge is 0.361 e. The summed E-state index contributed by atoms with van der Waals surface area (Å²) in [6.45, 7) is 1.84. The number of hydrogen-bond donors (Lipinski definition) is 1. The third-order valence-corrected chi connectivity index (χ3v) is 4.13. The molecule has 9 heteroatoms. The van der Waals surface area contributed by atoms with Crippen LogP contribution in [0.5, 0.6) is 0 Å². The highest BCUT2D eigenvalue weighted by Crippen LogP contribution is 2.23. The maximum atomic E-state index is 12.1. The van der Waals surface area contributed by atoms with Gasteiger partial charge in [-0.15, -0.1) is 11.6 Å². The summed E-state index contributed by atoms with van der Waals surface area (Å²) in [5.74, 6) is -1.87. The molecule has 1 N–H and O–H groups in total. The van der Waals surface area contributed by atoms with E-state index in [9.17, 15) is 14.4 Å². The number of aromatic nitrogens is 1. The van der Waals surface area contributed by atoms with Gasteiger partial charge < -0.3 is 14.5 Å². The largest absolute Gasteiger partial charge is 0.467 e. The first kappa shape index (κ1) is 17.4. The van der Waals surface area contributed by atoms with Gasteiger partial charge >= 0.3 is 11.6 Å². The number of amides is 1. The van der Waals surface area contributed by atoms with Crippen LogP contribution < -0.4 is 10.9 Å². The highest BCUT2D eigenvalue weighted by Gasteiger charge is 2.29. The molecule has 0 aliphatic rings. The van der Waals surface area contributed by atoms with Gasteiger partial charge in [-0.05, 0) is 24.6 Å². The predicted molar refractivity (Wildman–Crippen MR) is 86.3 cm³/mol. The lowest BCUT2D eigenvalue weighted by Gasteiger charge is -2.14. The van der Waals surface area contributed by atoms with Crippen molar-refractivity contribution in [3.63, 3.8) is 0 Å². The lowest BCUT2D eigenvalue weighted by atomic mass is 10.2. The van der Waals surface area contributed by atoms with Crippen LogP contribution in [0.1, 0.15) is 17.3 Å². The summed E-state index contributed by atoms with van der Waals surface area (Å²) in [5.41, 5.74) is 0.366. The Kier molecular flexibility index (Phi) is 5.38. The van der Waals surface area contributed by atoms with Gasteiger partial charge in [-0.2, -0.15) is 0 Å². The summed E-state index contributed by atoms with van der Waals surface area (Å²) in [6.07, 6.45) is 0. The Morgan fingerprint density at radius 2 is 2.17 bits per heavy atom. The molecule has 2 aromatic rings. The van der Waals surface area contributed by atoms with Gasteiger partial charge in [0.1, 0.15) is 11.4 Å². The van der Waals surface area contributed by atoms with E-state index >= 15 is 0 Å². The number of ether oxygens (including phenoxy) is 1. The number of halogens is 2. The summed E-state index contributed by atoms with van der Waals surface area (Å²) in [6, 6.07) is 1.90. The Bertz CT molecular complexity index is 836. The van der Waals surface area contributed by atoms with Crippen molar-refractivity contribution in [2.75, 3.05) is 13.0 Å². The van der Waals surface area contributed by atoms with Crippen molar-refractivity contribution in [2.24, 2.45) is 0 Å². The van der Waals surface area contributed by atoms with E-state index in [0.29, 0.717) is 5.52 Å². The van der Waals surface area contributed by atoms with Crippen LogP contribution >= 0.6 is 27.5 Å². The quantitative estimate of drug-likeness (QED) is 0.618. The number of methoxy groups -OCH3 is 1. The lowest BCUT2D eigenvalue weighted by Crippen LogP contribution is -2.38. The molecule has 1 unspecified atom stereocenters. The van der Waals surface area contributed by atoms with Crippen LogP contribution in [0.2, 0.25) is 0 Å². The fourth-order valence-corrected chi connectivity index (χ4v) is 2.28. The third kappa shape index (κ3) is 3.70. The molecular formula is C14H12BrClN2O5. The molecule has 1 atom stereocenters. The Morgan fingerprint density at radius 1 is 1.48 bits per heavy atom. The monoisotopic (exact) mass is 402 g/mol. The van der Waals surface area contributed by atoms with Crippen molar-refractivity contribution < 1.29 is 18.7 Å². The number of alkyl halides is 1. The maximum absolute atomic E-state index is 12.1. The number of carbonyl (C=O) groups is 2. The minimum atomic E-state index is -1.39. The first-order chi connectivity index (χ1) is 10.9. The Labute approximate surface area is 144 Å². The van der Waals surface area contributed by atoms with Gasteiger partial charge in [-0.1, -0.05) is 15.9 Å². The van der Waals surface area contributed by atoms with E-state index in [1.54, 1.807) is 12.1 Å². The average molecular weight is 404 g/mol. The molecule has 0 spiro atoms. The summed E-state index contributed by atoms with van der Waals surface area (Å²) in [7, 11) is 1.13. The van der Waals surface area contributed by atoms with E-state index < -0.39 is 23.5 Å². The van der Waals surface area contributed by atoms with Crippen molar-refractivity contribution in [3.05, 3.63) is 38.3 Å². The van der Waals surface area contributed by atoms with Crippen molar-refractivity contribution >= 4 is 50.5 Å². The molecule has 1 heterocycles. The number of hydrogen-bond acceptors (Lipinski definition) is 6. The zero-order valence-corrected chi connectivity index (χ0v) is 14.5. The number of nitrogens with zero attached hydrogens (tertiary/aromatic N) is 1. The lowest BCUT2D eigenvalue weighted by molar-refractivity contribution is -0.145. The van der Waals surface area contributed by atoms with Crippen molar-refractivity contribution in [1.82, 2.24) is 10.3 Å². The standard InChI is InChI=1S/C14H12BrClN2O5/c1-6-3-8-9(4-7(6)15)23-14(21)12(17-8)11(13(20)22-2)18-10(19)5-16/h3-4,11H,5H2,1-2H3,(H,18,19).